The highest BCUT2D eigenvalue weighted by molar-refractivity contribution is 5.66. The van der Waals surface area contributed by atoms with Gasteiger partial charge in [-0.05, 0) is 113 Å². The molecule has 28 heavy (non-hydrogen) atoms. The molecule has 0 aliphatic heterocycles. The minimum Gasteiger partial charge on any atom is -0.465 e. The number of amides is 2. The zero-order chi connectivity index (χ0) is 19.5. The number of rotatable bonds is 2. The molecule has 0 heterocycles. The number of carbonyl (C=O) groups is 2. The second-order valence-corrected chi connectivity index (χ2v) is 11.3. The van der Waals surface area contributed by atoms with Gasteiger partial charge in [0.15, 0.2) is 0 Å². The Kier molecular flexibility index (Phi) is 4.33. The van der Waals surface area contributed by atoms with Crippen LogP contribution in [0.4, 0.5) is 9.59 Å². The van der Waals surface area contributed by atoms with Crippen LogP contribution in [0.1, 0.15) is 77.0 Å². The average molecular weight is 391 g/mol. The van der Waals surface area contributed by atoms with Crippen molar-refractivity contribution in [3.05, 3.63) is 0 Å². The van der Waals surface area contributed by atoms with Gasteiger partial charge in [0, 0.05) is 11.1 Å². The maximum Gasteiger partial charge on any atom is 0.405 e. The number of hydrogen-bond donors (Lipinski definition) is 4. The molecule has 0 unspecified atom stereocenters. The van der Waals surface area contributed by atoms with Crippen LogP contribution in [0.25, 0.3) is 0 Å². The topological polar surface area (TPSA) is 98.7 Å². The van der Waals surface area contributed by atoms with Crippen LogP contribution in [0.15, 0.2) is 0 Å². The summed E-state index contributed by atoms with van der Waals surface area (Å²) in [6.45, 7) is 0. The van der Waals surface area contributed by atoms with Crippen molar-refractivity contribution in [1.29, 1.82) is 0 Å². The molecule has 0 aromatic carbocycles. The molecule has 8 aliphatic carbocycles. The largest absolute Gasteiger partial charge is 0.465 e. The Morgan fingerprint density at radius 2 is 0.750 bits per heavy atom. The van der Waals surface area contributed by atoms with Crippen LogP contribution in [-0.4, -0.2) is 33.5 Å². The van der Waals surface area contributed by atoms with Gasteiger partial charge in [0.1, 0.15) is 0 Å². The molecule has 8 saturated carbocycles. The molecule has 8 bridgehead atoms. The fourth-order valence-corrected chi connectivity index (χ4v) is 8.98. The molecule has 156 valence electrons. The summed E-state index contributed by atoms with van der Waals surface area (Å²) in [4.78, 5) is 21.5. The smallest absolute Gasteiger partial charge is 0.405 e. The Balaban J connectivity index is 0.000000122. The predicted molar refractivity (Wildman–Crippen MR) is 104 cm³/mol. The monoisotopic (exact) mass is 390 g/mol. The van der Waals surface area contributed by atoms with Crippen molar-refractivity contribution in [2.24, 2.45) is 35.5 Å². The van der Waals surface area contributed by atoms with Gasteiger partial charge in [-0.15, -0.1) is 0 Å². The first-order valence-corrected chi connectivity index (χ1v) is 11.3. The lowest BCUT2D eigenvalue weighted by atomic mass is 9.53. The Labute approximate surface area is 166 Å². The van der Waals surface area contributed by atoms with Crippen LogP contribution < -0.4 is 10.6 Å². The first-order chi connectivity index (χ1) is 13.3. The molecule has 2 amide bonds. The molecule has 6 heteroatoms. The molecular formula is C22H34N2O4. The first-order valence-electron chi connectivity index (χ1n) is 11.3. The molecule has 8 aliphatic rings. The van der Waals surface area contributed by atoms with Crippen LogP contribution in [0.2, 0.25) is 0 Å². The fourth-order valence-electron chi connectivity index (χ4n) is 8.98. The predicted octanol–water partition coefficient (Wildman–Crippen LogP) is 4.45. The van der Waals surface area contributed by atoms with E-state index >= 15 is 0 Å². The fraction of sp³-hybridized carbons (Fsp3) is 0.909. The Bertz CT molecular complexity index is 534. The van der Waals surface area contributed by atoms with Crippen LogP contribution in [0.3, 0.4) is 0 Å². The lowest BCUT2D eigenvalue weighted by molar-refractivity contribution is -0.0171. The van der Waals surface area contributed by atoms with Crippen LogP contribution in [0.5, 0.6) is 0 Å². The van der Waals surface area contributed by atoms with Gasteiger partial charge in [-0.3, -0.25) is 0 Å². The highest BCUT2D eigenvalue weighted by Crippen LogP contribution is 2.56. The SMILES string of the molecule is O=C(O)NC12CC3CC(CC(C3)C1)C2.O=C(O)NC12CC3CC(CC(C3)C1)C2. The highest BCUT2D eigenvalue weighted by Gasteiger charge is 2.52. The summed E-state index contributed by atoms with van der Waals surface area (Å²) < 4.78 is 0. The molecule has 4 N–H and O–H groups in total. The molecule has 0 saturated heterocycles. The van der Waals surface area contributed by atoms with E-state index in [0.29, 0.717) is 0 Å². The summed E-state index contributed by atoms with van der Waals surface area (Å²) in [5.41, 5.74) is -0.0544. The second kappa shape index (κ2) is 6.53. The molecule has 8 fully saturated rings. The average Bonchev–Trinajstić information content (AvgIpc) is 2.49. The van der Waals surface area contributed by atoms with Gasteiger partial charge in [0.25, 0.3) is 0 Å². The minimum atomic E-state index is -0.827. The number of nitrogens with one attached hydrogen (secondary N) is 2. The third-order valence-corrected chi connectivity index (χ3v) is 8.82. The summed E-state index contributed by atoms with van der Waals surface area (Å²) in [5, 5.41) is 23.3. The van der Waals surface area contributed by atoms with E-state index in [9.17, 15) is 9.59 Å². The summed E-state index contributed by atoms with van der Waals surface area (Å²) in [6, 6.07) is 0. The lowest BCUT2D eigenvalue weighted by Gasteiger charge is -2.56. The second-order valence-electron chi connectivity index (χ2n) is 11.3. The van der Waals surface area contributed by atoms with Crippen LogP contribution in [0, 0.1) is 35.5 Å². The van der Waals surface area contributed by atoms with Gasteiger partial charge in [0.05, 0.1) is 0 Å². The van der Waals surface area contributed by atoms with Gasteiger partial charge in [-0.2, -0.15) is 0 Å². The summed E-state index contributed by atoms with van der Waals surface area (Å²) >= 11 is 0. The van der Waals surface area contributed by atoms with E-state index in [0.717, 1.165) is 74.0 Å². The van der Waals surface area contributed by atoms with E-state index in [-0.39, 0.29) is 11.1 Å². The van der Waals surface area contributed by atoms with E-state index < -0.39 is 12.2 Å². The van der Waals surface area contributed by atoms with E-state index in [1.54, 1.807) is 0 Å². The summed E-state index contributed by atoms with van der Waals surface area (Å²) in [6.07, 6.45) is 13.1. The molecular weight excluding hydrogens is 356 g/mol. The van der Waals surface area contributed by atoms with Crippen molar-refractivity contribution in [3.63, 3.8) is 0 Å². The Hall–Kier alpha value is -1.46. The standard InChI is InChI=1S/2C11H17NO2/c2*13-10(14)12-11-4-7-1-8(5-11)3-9(2-7)6-11/h2*7-9,12H,1-6H2,(H,13,14). The van der Waals surface area contributed by atoms with E-state index in [1.807, 2.05) is 0 Å². The number of carboxylic acid groups (broad SMARTS) is 2. The van der Waals surface area contributed by atoms with Crippen molar-refractivity contribution in [2.75, 3.05) is 0 Å². The van der Waals surface area contributed by atoms with Gasteiger partial charge in [-0.25, -0.2) is 9.59 Å². The maximum absolute atomic E-state index is 10.8. The minimum absolute atomic E-state index is 0.0272. The molecule has 8 rings (SSSR count). The first kappa shape index (κ1) is 18.6. The Morgan fingerprint density at radius 1 is 0.536 bits per heavy atom. The van der Waals surface area contributed by atoms with E-state index in [2.05, 4.69) is 10.6 Å². The van der Waals surface area contributed by atoms with Crippen LogP contribution in [-0.2, 0) is 0 Å². The zero-order valence-electron chi connectivity index (χ0n) is 16.7. The van der Waals surface area contributed by atoms with Crippen molar-refractivity contribution in [2.45, 2.75) is 88.1 Å². The third kappa shape index (κ3) is 3.48. The maximum atomic E-state index is 10.8. The summed E-state index contributed by atoms with van der Waals surface area (Å²) in [7, 11) is 0. The molecule has 0 radical (unpaired) electrons. The van der Waals surface area contributed by atoms with Crippen molar-refractivity contribution < 1.29 is 19.8 Å². The van der Waals surface area contributed by atoms with Gasteiger partial charge in [-0.1, -0.05) is 0 Å². The molecule has 0 spiro atoms. The van der Waals surface area contributed by atoms with Gasteiger partial charge >= 0.3 is 12.2 Å². The quantitative estimate of drug-likeness (QED) is 0.560. The van der Waals surface area contributed by atoms with Gasteiger partial charge in [0.2, 0.25) is 0 Å². The Morgan fingerprint density at radius 3 is 0.929 bits per heavy atom. The molecule has 6 nitrogen and oxygen atoms in total. The van der Waals surface area contributed by atoms with Crippen LogP contribution >= 0.6 is 0 Å². The van der Waals surface area contributed by atoms with Crippen molar-refractivity contribution >= 4 is 12.2 Å². The highest BCUT2D eigenvalue weighted by atomic mass is 16.4. The van der Waals surface area contributed by atoms with Crippen molar-refractivity contribution in [3.8, 4) is 0 Å². The molecule has 0 atom stereocenters. The molecule has 0 aromatic heterocycles. The lowest BCUT2D eigenvalue weighted by Crippen LogP contribution is -2.59. The third-order valence-electron chi connectivity index (χ3n) is 8.82. The summed E-state index contributed by atoms with van der Waals surface area (Å²) in [5.74, 6) is 4.88. The van der Waals surface area contributed by atoms with Crippen molar-refractivity contribution in [1.82, 2.24) is 10.6 Å². The normalized spacial score (nSPS) is 49.3. The molecule has 0 aromatic rings. The number of hydrogen-bond acceptors (Lipinski definition) is 2. The van der Waals surface area contributed by atoms with E-state index in [4.69, 9.17) is 10.2 Å². The van der Waals surface area contributed by atoms with E-state index in [1.165, 1.54) is 38.5 Å². The van der Waals surface area contributed by atoms with Gasteiger partial charge < -0.3 is 20.8 Å². The zero-order valence-corrected chi connectivity index (χ0v) is 16.7.